The highest BCUT2D eigenvalue weighted by Crippen LogP contribution is 2.15. The monoisotopic (exact) mass is 342 g/mol. The second-order valence-electron chi connectivity index (χ2n) is 4.83. The summed E-state index contributed by atoms with van der Waals surface area (Å²) in [5, 5.41) is 4.15. The van der Waals surface area contributed by atoms with E-state index in [0.29, 0.717) is 0 Å². The summed E-state index contributed by atoms with van der Waals surface area (Å²) in [6.07, 6.45) is 1.85. The number of pyridine rings is 1. The number of hydrogen-bond donors (Lipinski definition) is 1. The van der Waals surface area contributed by atoms with Gasteiger partial charge in [0.1, 0.15) is 0 Å². The van der Waals surface area contributed by atoms with Crippen molar-refractivity contribution in [2.45, 2.75) is 6.54 Å². The van der Waals surface area contributed by atoms with Crippen LogP contribution in [0.4, 0.5) is 5.69 Å². The Morgan fingerprint density at radius 3 is 2.76 bits per heavy atom. The molecule has 0 spiro atoms. The molecule has 1 aromatic heterocycles. The predicted molar refractivity (Wildman–Crippen MR) is 90.8 cm³/mol. The third-order valence-electron chi connectivity index (χ3n) is 3.39. The summed E-state index contributed by atoms with van der Waals surface area (Å²) in [7, 11) is 0. The summed E-state index contributed by atoms with van der Waals surface area (Å²) in [6, 6.07) is 17.4. The molecule has 3 aromatic rings. The molecular formula is C17H15BrN2O. The lowest BCUT2D eigenvalue weighted by Gasteiger charge is -2.12. The van der Waals surface area contributed by atoms with Gasteiger partial charge in [-0.15, -0.1) is 0 Å². The third kappa shape index (κ3) is 3.16. The fourth-order valence-corrected chi connectivity index (χ4v) is 2.77. The lowest BCUT2D eigenvalue weighted by molar-refractivity contribution is 0.749. The first-order valence-corrected chi connectivity index (χ1v) is 7.61. The van der Waals surface area contributed by atoms with Crippen molar-refractivity contribution in [1.82, 2.24) is 4.57 Å². The number of aromatic nitrogens is 1. The van der Waals surface area contributed by atoms with Crippen molar-refractivity contribution in [3.63, 3.8) is 0 Å². The van der Waals surface area contributed by atoms with E-state index in [1.54, 1.807) is 6.07 Å². The second-order valence-corrected chi connectivity index (χ2v) is 5.74. The predicted octanol–water partition coefficient (Wildman–Crippen LogP) is 3.88. The number of hydrogen-bond acceptors (Lipinski definition) is 2. The maximum atomic E-state index is 11.8. The van der Waals surface area contributed by atoms with Gasteiger partial charge in [-0.1, -0.05) is 34.1 Å². The van der Waals surface area contributed by atoms with Crippen molar-refractivity contribution < 1.29 is 0 Å². The maximum Gasteiger partial charge on any atom is 0.189 e. The average Bonchev–Trinajstić information content (AvgIpc) is 2.50. The molecular weight excluding hydrogens is 328 g/mol. The first-order chi connectivity index (χ1) is 10.2. The highest BCUT2D eigenvalue weighted by atomic mass is 79.9. The van der Waals surface area contributed by atoms with Crippen molar-refractivity contribution in [2.75, 3.05) is 11.9 Å². The summed E-state index contributed by atoms with van der Waals surface area (Å²) >= 11 is 3.46. The molecule has 0 aliphatic carbocycles. The van der Waals surface area contributed by atoms with Crippen LogP contribution in [0.3, 0.4) is 0 Å². The van der Waals surface area contributed by atoms with Crippen LogP contribution in [0.2, 0.25) is 0 Å². The van der Waals surface area contributed by atoms with E-state index < -0.39 is 0 Å². The van der Waals surface area contributed by atoms with E-state index in [-0.39, 0.29) is 5.43 Å². The van der Waals surface area contributed by atoms with Crippen LogP contribution in [0, 0.1) is 0 Å². The van der Waals surface area contributed by atoms with Gasteiger partial charge in [-0.2, -0.15) is 0 Å². The van der Waals surface area contributed by atoms with Gasteiger partial charge in [-0.25, -0.2) is 0 Å². The first kappa shape index (κ1) is 13.9. The number of fused-ring (bicyclic) bond motifs is 1. The number of anilines is 1. The second kappa shape index (κ2) is 6.14. The smallest absolute Gasteiger partial charge is 0.189 e. The summed E-state index contributed by atoms with van der Waals surface area (Å²) in [5.74, 6) is 0. The van der Waals surface area contributed by atoms with Crippen LogP contribution in [0.25, 0.3) is 10.9 Å². The Morgan fingerprint density at radius 1 is 1.05 bits per heavy atom. The van der Waals surface area contributed by atoms with E-state index in [9.17, 15) is 4.79 Å². The molecule has 0 saturated carbocycles. The lowest BCUT2D eigenvalue weighted by Crippen LogP contribution is -2.14. The minimum atomic E-state index is 0.0711. The van der Waals surface area contributed by atoms with E-state index in [2.05, 4.69) is 25.8 Å². The van der Waals surface area contributed by atoms with Crippen LogP contribution in [-0.2, 0) is 6.54 Å². The minimum Gasteiger partial charge on any atom is -0.383 e. The molecule has 0 saturated heterocycles. The Bertz CT molecular complexity index is 826. The third-order valence-corrected chi connectivity index (χ3v) is 3.88. The molecule has 0 aliphatic heterocycles. The van der Waals surface area contributed by atoms with E-state index in [1.807, 2.05) is 54.7 Å². The van der Waals surface area contributed by atoms with Gasteiger partial charge in [0.2, 0.25) is 0 Å². The molecule has 2 aromatic carbocycles. The van der Waals surface area contributed by atoms with Gasteiger partial charge in [0.25, 0.3) is 0 Å². The van der Waals surface area contributed by atoms with Gasteiger partial charge in [-0.3, -0.25) is 4.79 Å². The Balaban J connectivity index is 1.77. The fourth-order valence-electron chi connectivity index (χ4n) is 2.37. The molecule has 0 fully saturated rings. The number of para-hydroxylation sites is 1. The van der Waals surface area contributed by atoms with Crippen LogP contribution in [0.15, 0.2) is 70.1 Å². The zero-order valence-electron chi connectivity index (χ0n) is 11.4. The van der Waals surface area contributed by atoms with Gasteiger partial charge < -0.3 is 9.88 Å². The van der Waals surface area contributed by atoms with Crippen molar-refractivity contribution >= 4 is 32.5 Å². The van der Waals surface area contributed by atoms with Gasteiger partial charge in [0.15, 0.2) is 5.43 Å². The zero-order valence-corrected chi connectivity index (χ0v) is 13.0. The fraction of sp³-hybridized carbons (Fsp3) is 0.118. The molecule has 0 aliphatic rings. The molecule has 0 unspecified atom stereocenters. The number of benzene rings is 2. The molecule has 3 rings (SSSR count). The molecule has 4 heteroatoms. The molecule has 106 valence electrons. The lowest BCUT2D eigenvalue weighted by atomic mass is 10.2. The summed E-state index contributed by atoms with van der Waals surface area (Å²) in [5.41, 5.74) is 2.12. The SMILES string of the molecule is O=c1ccn(CCNc2cccc(Br)c2)c2ccccc12. The number of rotatable bonds is 4. The highest BCUT2D eigenvalue weighted by Gasteiger charge is 2.01. The molecule has 1 heterocycles. The number of nitrogens with zero attached hydrogens (tertiary/aromatic N) is 1. The maximum absolute atomic E-state index is 11.8. The van der Waals surface area contributed by atoms with Crippen LogP contribution in [-0.4, -0.2) is 11.1 Å². The standard InChI is InChI=1S/C17H15BrN2O/c18-13-4-3-5-14(12-13)19-9-11-20-10-8-17(21)15-6-1-2-7-16(15)20/h1-8,10,12,19H,9,11H2. The summed E-state index contributed by atoms with van der Waals surface area (Å²) in [6.45, 7) is 1.59. The Morgan fingerprint density at radius 2 is 1.90 bits per heavy atom. The van der Waals surface area contributed by atoms with Gasteiger partial charge in [0.05, 0.1) is 5.52 Å². The Kier molecular flexibility index (Phi) is 4.06. The minimum absolute atomic E-state index is 0.0711. The van der Waals surface area contributed by atoms with Crippen LogP contribution in [0.5, 0.6) is 0 Å². The molecule has 1 N–H and O–H groups in total. The molecule has 3 nitrogen and oxygen atoms in total. The molecule has 0 amide bonds. The van der Waals surface area contributed by atoms with E-state index >= 15 is 0 Å². The van der Waals surface area contributed by atoms with Crippen molar-refractivity contribution in [3.8, 4) is 0 Å². The largest absolute Gasteiger partial charge is 0.383 e. The number of halogens is 1. The number of nitrogens with one attached hydrogen (secondary N) is 1. The average molecular weight is 343 g/mol. The van der Waals surface area contributed by atoms with Crippen molar-refractivity contribution in [2.24, 2.45) is 0 Å². The van der Waals surface area contributed by atoms with E-state index in [0.717, 1.165) is 34.2 Å². The van der Waals surface area contributed by atoms with Crippen LogP contribution >= 0.6 is 15.9 Å². The Labute approximate surface area is 131 Å². The highest BCUT2D eigenvalue weighted by molar-refractivity contribution is 9.10. The van der Waals surface area contributed by atoms with Crippen LogP contribution in [0.1, 0.15) is 0 Å². The molecule has 0 bridgehead atoms. The van der Waals surface area contributed by atoms with Gasteiger partial charge in [-0.05, 0) is 30.3 Å². The van der Waals surface area contributed by atoms with Gasteiger partial charge >= 0.3 is 0 Å². The van der Waals surface area contributed by atoms with Crippen molar-refractivity contribution in [3.05, 3.63) is 75.5 Å². The van der Waals surface area contributed by atoms with Crippen LogP contribution < -0.4 is 10.7 Å². The van der Waals surface area contributed by atoms with Crippen molar-refractivity contribution in [1.29, 1.82) is 0 Å². The quantitative estimate of drug-likeness (QED) is 0.780. The normalized spacial score (nSPS) is 10.7. The molecule has 0 radical (unpaired) electrons. The first-order valence-electron chi connectivity index (χ1n) is 6.82. The molecule has 0 atom stereocenters. The summed E-state index contributed by atoms with van der Waals surface area (Å²) in [4.78, 5) is 11.8. The topological polar surface area (TPSA) is 34.0 Å². The molecule has 21 heavy (non-hydrogen) atoms. The van der Waals surface area contributed by atoms with E-state index in [4.69, 9.17) is 0 Å². The van der Waals surface area contributed by atoms with Gasteiger partial charge in [0, 0.05) is 40.9 Å². The Hall–Kier alpha value is -2.07. The summed E-state index contributed by atoms with van der Waals surface area (Å²) < 4.78 is 3.16. The van der Waals surface area contributed by atoms with E-state index in [1.165, 1.54) is 0 Å². The zero-order chi connectivity index (χ0) is 14.7.